The maximum absolute atomic E-state index is 13.6. The summed E-state index contributed by atoms with van der Waals surface area (Å²) in [5, 5.41) is 21.2. The molecule has 2 aliphatic heterocycles. The van der Waals surface area contributed by atoms with E-state index in [0.29, 0.717) is 25.3 Å². The van der Waals surface area contributed by atoms with Crippen molar-refractivity contribution in [1.29, 1.82) is 0 Å². The molecule has 9 heteroatoms. The van der Waals surface area contributed by atoms with E-state index in [-0.39, 0.29) is 24.0 Å². The third-order valence-electron chi connectivity index (χ3n) is 6.79. The Balaban J connectivity index is 1.46. The summed E-state index contributed by atoms with van der Waals surface area (Å²) in [6.07, 6.45) is 6.62. The number of rotatable bonds is 4. The molecular formula is C19H30N6O3. The van der Waals surface area contributed by atoms with Gasteiger partial charge in [0.1, 0.15) is 11.4 Å². The van der Waals surface area contributed by atoms with Crippen molar-refractivity contribution in [2.45, 2.75) is 88.9 Å². The molecule has 0 bridgehead atoms. The number of hydrogen-bond donors (Lipinski definition) is 1. The first kappa shape index (κ1) is 19.3. The molecule has 0 radical (unpaired) electrons. The van der Waals surface area contributed by atoms with E-state index in [9.17, 15) is 14.7 Å². The first-order valence-corrected chi connectivity index (χ1v) is 10.5. The number of nitrogens with zero attached hydrogens (tertiary/aromatic N) is 6. The van der Waals surface area contributed by atoms with E-state index in [1.54, 1.807) is 4.68 Å². The van der Waals surface area contributed by atoms with E-state index in [4.69, 9.17) is 0 Å². The smallest absolute Gasteiger partial charge is 0.248 e. The summed E-state index contributed by atoms with van der Waals surface area (Å²) in [6, 6.07) is 0.203. The highest BCUT2D eigenvalue weighted by molar-refractivity contribution is 5.93. The fourth-order valence-electron chi connectivity index (χ4n) is 5.25. The normalized spacial score (nSPS) is 31.0. The Morgan fingerprint density at radius 2 is 1.89 bits per heavy atom. The van der Waals surface area contributed by atoms with Crippen LogP contribution < -0.4 is 0 Å². The molecule has 1 aliphatic carbocycles. The summed E-state index contributed by atoms with van der Waals surface area (Å²) in [6.45, 7) is 3.66. The topological polar surface area (TPSA) is 104 Å². The molecule has 1 unspecified atom stereocenters. The second-order valence-corrected chi connectivity index (χ2v) is 8.44. The van der Waals surface area contributed by atoms with Crippen LogP contribution in [0, 0.1) is 6.92 Å². The molecule has 9 nitrogen and oxygen atoms in total. The number of carbonyl (C=O) groups is 2. The quantitative estimate of drug-likeness (QED) is 0.810. The first-order chi connectivity index (χ1) is 13.5. The molecule has 0 aromatic carbocycles. The zero-order valence-corrected chi connectivity index (χ0v) is 16.6. The number of aromatic nitrogens is 4. The molecule has 1 aromatic rings. The van der Waals surface area contributed by atoms with Gasteiger partial charge in [-0.25, -0.2) is 4.68 Å². The number of likely N-dealkylation sites (tertiary alicyclic amines) is 2. The van der Waals surface area contributed by atoms with Crippen molar-refractivity contribution in [3.8, 4) is 0 Å². The third kappa shape index (κ3) is 3.40. The molecule has 3 heterocycles. The third-order valence-corrected chi connectivity index (χ3v) is 6.79. The predicted molar refractivity (Wildman–Crippen MR) is 100 cm³/mol. The van der Waals surface area contributed by atoms with Crippen LogP contribution >= 0.6 is 0 Å². The van der Waals surface area contributed by atoms with Gasteiger partial charge in [0, 0.05) is 25.6 Å². The highest BCUT2D eigenvalue weighted by Crippen LogP contribution is 2.40. The van der Waals surface area contributed by atoms with Crippen LogP contribution in [0.25, 0.3) is 0 Å². The number of amides is 2. The molecule has 1 aromatic heterocycles. The van der Waals surface area contributed by atoms with Crippen LogP contribution in [-0.2, 0) is 16.1 Å². The van der Waals surface area contributed by atoms with E-state index >= 15 is 0 Å². The first-order valence-electron chi connectivity index (χ1n) is 10.5. The van der Waals surface area contributed by atoms with Crippen molar-refractivity contribution in [2.24, 2.45) is 0 Å². The number of aliphatic hydroxyl groups is 1. The summed E-state index contributed by atoms with van der Waals surface area (Å²) in [4.78, 5) is 30.5. The maximum Gasteiger partial charge on any atom is 0.248 e. The van der Waals surface area contributed by atoms with Crippen LogP contribution in [0.4, 0.5) is 0 Å². The molecule has 2 saturated heterocycles. The Labute approximate surface area is 165 Å². The van der Waals surface area contributed by atoms with Crippen LogP contribution in [0.1, 0.15) is 63.6 Å². The lowest BCUT2D eigenvalue weighted by Crippen LogP contribution is -2.63. The summed E-state index contributed by atoms with van der Waals surface area (Å²) in [5.41, 5.74) is -0.666. The Morgan fingerprint density at radius 1 is 1.18 bits per heavy atom. The number of tetrazole rings is 1. The Kier molecular flexibility index (Phi) is 5.35. The van der Waals surface area contributed by atoms with Crippen molar-refractivity contribution in [3.63, 3.8) is 0 Å². The molecular weight excluding hydrogens is 360 g/mol. The number of aryl methyl sites for hydroxylation is 2. The van der Waals surface area contributed by atoms with Gasteiger partial charge in [0.05, 0.1) is 12.6 Å². The lowest BCUT2D eigenvalue weighted by molar-refractivity contribution is -0.158. The Hall–Kier alpha value is -2.03. The average molecular weight is 390 g/mol. The fraction of sp³-hybridized carbons (Fsp3) is 0.842. The second-order valence-electron chi connectivity index (χ2n) is 8.44. The number of hydrogen-bond acceptors (Lipinski definition) is 6. The highest BCUT2D eigenvalue weighted by atomic mass is 16.3. The molecule has 2 amide bonds. The van der Waals surface area contributed by atoms with E-state index in [2.05, 4.69) is 15.5 Å². The zero-order chi connectivity index (χ0) is 19.7. The van der Waals surface area contributed by atoms with Gasteiger partial charge in [-0.15, -0.1) is 5.10 Å². The monoisotopic (exact) mass is 390 g/mol. The molecule has 1 saturated carbocycles. The summed E-state index contributed by atoms with van der Waals surface area (Å²) in [7, 11) is 0. The van der Waals surface area contributed by atoms with Gasteiger partial charge >= 0.3 is 0 Å². The van der Waals surface area contributed by atoms with E-state index < -0.39 is 5.54 Å². The molecule has 3 fully saturated rings. The van der Waals surface area contributed by atoms with Crippen LogP contribution in [0.2, 0.25) is 0 Å². The van der Waals surface area contributed by atoms with Crippen LogP contribution in [0.3, 0.4) is 0 Å². The van der Waals surface area contributed by atoms with E-state index in [0.717, 1.165) is 57.9 Å². The molecule has 28 heavy (non-hydrogen) atoms. The van der Waals surface area contributed by atoms with Crippen molar-refractivity contribution in [3.05, 3.63) is 5.82 Å². The van der Waals surface area contributed by atoms with Gasteiger partial charge in [0.2, 0.25) is 11.8 Å². The Bertz CT molecular complexity index is 729. The lowest BCUT2D eigenvalue weighted by Gasteiger charge is -2.48. The average Bonchev–Trinajstić information content (AvgIpc) is 3.30. The molecule has 1 atom stereocenters. The molecule has 4 rings (SSSR count). The standard InChI is InChI=1S/C19H30N6O3/c1-14-20-21-22-25(14)13-8-17(27)24-12-3-10-19(24)9-2-11-23(18(19)28)15-4-6-16(26)7-5-15/h15-16,26H,2-13H2,1H3. The van der Waals surface area contributed by atoms with Gasteiger partial charge in [-0.05, 0) is 68.7 Å². The van der Waals surface area contributed by atoms with E-state index in [1.807, 2.05) is 16.7 Å². The van der Waals surface area contributed by atoms with Gasteiger partial charge in [-0.1, -0.05) is 0 Å². The molecule has 154 valence electrons. The van der Waals surface area contributed by atoms with E-state index in [1.165, 1.54) is 0 Å². The summed E-state index contributed by atoms with van der Waals surface area (Å²) in [5.74, 6) is 0.828. The minimum absolute atomic E-state index is 0.0154. The highest BCUT2D eigenvalue weighted by Gasteiger charge is 2.53. The number of carbonyl (C=O) groups excluding carboxylic acids is 2. The summed E-state index contributed by atoms with van der Waals surface area (Å²) >= 11 is 0. The van der Waals surface area contributed by atoms with Gasteiger partial charge < -0.3 is 14.9 Å². The number of piperidine rings is 1. The maximum atomic E-state index is 13.6. The van der Waals surface area contributed by atoms with Gasteiger partial charge in [-0.2, -0.15) is 0 Å². The minimum atomic E-state index is -0.666. The fourth-order valence-corrected chi connectivity index (χ4v) is 5.25. The van der Waals surface area contributed by atoms with Gasteiger partial charge in [0.15, 0.2) is 0 Å². The second kappa shape index (κ2) is 7.77. The largest absolute Gasteiger partial charge is 0.393 e. The van der Waals surface area contributed by atoms with Crippen LogP contribution in [0.5, 0.6) is 0 Å². The molecule has 3 aliphatic rings. The van der Waals surface area contributed by atoms with Crippen LogP contribution in [0.15, 0.2) is 0 Å². The van der Waals surface area contributed by atoms with Crippen molar-refractivity contribution in [2.75, 3.05) is 13.1 Å². The molecule has 1 spiro atoms. The zero-order valence-electron chi connectivity index (χ0n) is 16.6. The number of aliphatic hydroxyl groups excluding tert-OH is 1. The van der Waals surface area contributed by atoms with Gasteiger partial charge in [0.25, 0.3) is 0 Å². The van der Waals surface area contributed by atoms with Gasteiger partial charge in [-0.3, -0.25) is 9.59 Å². The van der Waals surface area contributed by atoms with Crippen LogP contribution in [-0.4, -0.2) is 77.7 Å². The predicted octanol–water partition coefficient (Wildman–Crippen LogP) is 0.659. The van der Waals surface area contributed by atoms with Crippen molar-refractivity contribution >= 4 is 11.8 Å². The van der Waals surface area contributed by atoms with Crippen molar-refractivity contribution in [1.82, 2.24) is 30.0 Å². The Morgan fingerprint density at radius 3 is 2.57 bits per heavy atom. The SMILES string of the molecule is Cc1nnnn1CCC(=O)N1CCCC12CCCN(C1CCC(O)CC1)C2=O. The van der Waals surface area contributed by atoms with Crippen molar-refractivity contribution < 1.29 is 14.7 Å². The summed E-state index contributed by atoms with van der Waals surface area (Å²) < 4.78 is 1.63. The molecule has 1 N–H and O–H groups in total. The lowest BCUT2D eigenvalue weighted by atomic mass is 9.82. The minimum Gasteiger partial charge on any atom is -0.393 e.